The summed E-state index contributed by atoms with van der Waals surface area (Å²) in [5, 5.41) is 3.07. The Hall–Kier alpha value is -1.57. The van der Waals surface area contributed by atoms with Crippen molar-refractivity contribution in [1.82, 2.24) is 4.98 Å². The largest absolute Gasteiger partial charge is 0.340 e. The molecule has 2 rings (SSSR count). The summed E-state index contributed by atoms with van der Waals surface area (Å²) in [4.78, 5) is 4.15. The Balaban J connectivity index is 2.54. The van der Waals surface area contributed by atoms with E-state index in [4.69, 9.17) is 0 Å². The Morgan fingerprint density at radius 2 is 2.27 bits per heavy atom. The number of aromatic nitrogens is 1. The predicted molar refractivity (Wildman–Crippen MR) is 46.0 cm³/mol. The van der Waals surface area contributed by atoms with E-state index in [1.165, 1.54) is 0 Å². The second kappa shape index (κ2) is 2.23. The molecular weight excluding hydrogens is 136 g/mol. The summed E-state index contributed by atoms with van der Waals surface area (Å²) in [5.41, 5.74) is 2.00. The first-order valence-electron chi connectivity index (χ1n) is 3.45. The summed E-state index contributed by atoms with van der Waals surface area (Å²) in [6.07, 6.45) is 5.70. The van der Waals surface area contributed by atoms with Crippen molar-refractivity contribution in [2.24, 2.45) is 0 Å². The lowest BCUT2D eigenvalue weighted by molar-refractivity contribution is 1.27. The first-order chi connectivity index (χ1) is 5.36. The molecule has 0 bridgehead atoms. The average Bonchev–Trinajstić information content (AvgIpc) is 2.04. The lowest BCUT2D eigenvalue weighted by Gasteiger charge is -2.12. The van der Waals surface area contributed by atoms with Crippen LogP contribution in [-0.4, -0.2) is 4.98 Å². The van der Waals surface area contributed by atoms with Crippen LogP contribution in [0.25, 0.3) is 6.08 Å². The highest BCUT2D eigenvalue weighted by Crippen LogP contribution is 2.19. The predicted octanol–water partition coefficient (Wildman–Crippen LogP) is 2.03. The van der Waals surface area contributed by atoms with Crippen molar-refractivity contribution in [2.75, 3.05) is 5.32 Å². The van der Waals surface area contributed by atoms with Gasteiger partial charge >= 0.3 is 0 Å². The molecule has 0 aliphatic carbocycles. The molecule has 0 fully saturated rings. The molecule has 54 valence electrons. The van der Waals surface area contributed by atoms with Crippen LogP contribution >= 0.6 is 0 Å². The molecule has 2 heterocycles. The quantitative estimate of drug-likeness (QED) is 0.602. The van der Waals surface area contributed by atoms with Gasteiger partial charge in [-0.3, -0.25) is 0 Å². The molecule has 0 unspecified atom stereocenters. The number of allylic oxidation sites excluding steroid dienone is 1. The van der Waals surface area contributed by atoms with Gasteiger partial charge in [0.1, 0.15) is 5.82 Å². The van der Waals surface area contributed by atoms with Gasteiger partial charge in [0.25, 0.3) is 0 Å². The van der Waals surface area contributed by atoms with Gasteiger partial charge in [-0.15, -0.1) is 0 Å². The zero-order valence-electron chi connectivity index (χ0n) is 6.04. The fourth-order valence-electron chi connectivity index (χ4n) is 1.04. The normalized spacial score (nSPS) is 14.0. The number of nitrogens with one attached hydrogen (secondary N) is 1. The average molecular weight is 144 g/mol. The molecule has 11 heavy (non-hydrogen) atoms. The lowest BCUT2D eigenvalue weighted by Crippen LogP contribution is -2.02. The highest BCUT2D eigenvalue weighted by molar-refractivity contribution is 5.71. The summed E-state index contributed by atoms with van der Waals surface area (Å²) in [7, 11) is 0. The number of hydrogen-bond donors (Lipinski definition) is 1. The highest BCUT2D eigenvalue weighted by atomic mass is 15.0. The Morgan fingerprint density at radius 3 is 3.18 bits per heavy atom. The molecule has 0 spiro atoms. The van der Waals surface area contributed by atoms with Crippen molar-refractivity contribution >= 4 is 11.9 Å². The van der Waals surface area contributed by atoms with Crippen molar-refractivity contribution < 1.29 is 0 Å². The number of nitrogens with zero attached hydrogens (tertiary/aromatic N) is 1. The molecule has 0 atom stereocenters. The Bertz CT molecular complexity index is 326. The topological polar surface area (TPSA) is 24.9 Å². The molecule has 1 aromatic rings. The van der Waals surface area contributed by atoms with E-state index < -0.39 is 0 Å². The van der Waals surface area contributed by atoms with Crippen molar-refractivity contribution in [2.45, 2.75) is 0 Å². The zero-order valence-corrected chi connectivity index (χ0v) is 6.04. The second-order valence-electron chi connectivity index (χ2n) is 2.42. The van der Waals surface area contributed by atoms with Gasteiger partial charge < -0.3 is 5.32 Å². The Kier molecular flexibility index (Phi) is 1.25. The van der Waals surface area contributed by atoms with Crippen molar-refractivity contribution in [3.63, 3.8) is 0 Å². The van der Waals surface area contributed by atoms with Gasteiger partial charge in [-0.1, -0.05) is 6.58 Å². The minimum absolute atomic E-state index is 0.885. The number of hydrogen-bond acceptors (Lipinski definition) is 2. The fraction of sp³-hybridized carbons (Fsp3) is 0. The summed E-state index contributed by atoms with van der Waals surface area (Å²) in [6.45, 7) is 3.78. The van der Waals surface area contributed by atoms with Gasteiger partial charge in [-0.05, 0) is 24.3 Å². The molecule has 0 radical (unpaired) electrons. The number of anilines is 1. The van der Waals surface area contributed by atoms with Crippen LogP contribution in [-0.2, 0) is 0 Å². The van der Waals surface area contributed by atoms with Gasteiger partial charge in [0.15, 0.2) is 0 Å². The molecule has 0 saturated carbocycles. The third kappa shape index (κ3) is 1.03. The van der Waals surface area contributed by atoms with Crippen LogP contribution in [0.3, 0.4) is 0 Å². The van der Waals surface area contributed by atoms with Crippen LogP contribution in [0.4, 0.5) is 5.82 Å². The number of pyridine rings is 1. The van der Waals surface area contributed by atoms with Crippen molar-refractivity contribution in [3.05, 3.63) is 42.2 Å². The third-order valence-electron chi connectivity index (χ3n) is 1.58. The fourth-order valence-corrected chi connectivity index (χ4v) is 1.04. The van der Waals surface area contributed by atoms with E-state index in [0.717, 1.165) is 17.1 Å². The maximum absolute atomic E-state index is 4.15. The zero-order chi connectivity index (χ0) is 7.68. The minimum Gasteiger partial charge on any atom is -0.340 e. The molecule has 0 amide bonds. The third-order valence-corrected chi connectivity index (χ3v) is 1.58. The van der Waals surface area contributed by atoms with Crippen LogP contribution < -0.4 is 5.32 Å². The maximum atomic E-state index is 4.15. The minimum atomic E-state index is 0.885. The Labute approximate surface area is 65.3 Å². The van der Waals surface area contributed by atoms with Crippen LogP contribution in [0.5, 0.6) is 0 Å². The highest BCUT2D eigenvalue weighted by Gasteiger charge is 2.03. The molecule has 1 aliphatic heterocycles. The molecule has 1 aliphatic rings. The van der Waals surface area contributed by atoms with E-state index in [9.17, 15) is 0 Å². The molecule has 1 N–H and O–H groups in total. The van der Waals surface area contributed by atoms with E-state index in [2.05, 4.69) is 16.9 Å². The SMILES string of the molecule is C=C1C=Cc2cccnc2N1. The van der Waals surface area contributed by atoms with E-state index >= 15 is 0 Å². The smallest absolute Gasteiger partial charge is 0.137 e. The van der Waals surface area contributed by atoms with Gasteiger partial charge in [0.05, 0.1) is 0 Å². The van der Waals surface area contributed by atoms with Crippen LogP contribution in [0.1, 0.15) is 5.56 Å². The Morgan fingerprint density at radius 1 is 1.36 bits per heavy atom. The van der Waals surface area contributed by atoms with Crippen LogP contribution in [0.15, 0.2) is 36.7 Å². The summed E-state index contributed by atoms with van der Waals surface area (Å²) in [6, 6.07) is 3.93. The number of rotatable bonds is 0. The standard InChI is InChI=1S/C9H8N2/c1-7-4-5-8-3-2-6-10-9(8)11-7/h2-6H,1H2,(H,10,11). The lowest BCUT2D eigenvalue weighted by atomic mass is 10.2. The molecular formula is C9H8N2. The van der Waals surface area contributed by atoms with Crippen LogP contribution in [0.2, 0.25) is 0 Å². The van der Waals surface area contributed by atoms with E-state index in [1.807, 2.05) is 24.3 Å². The van der Waals surface area contributed by atoms with Gasteiger partial charge in [0, 0.05) is 17.5 Å². The monoisotopic (exact) mass is 144 g/mol. The van der Waals surface area contributed by atoms with Gasteiger partial charge in [0.2, 0.25) is 0 Å². The van der Waals surface area contributed by atoms with Crippen molar-refractivity contribution in [3.8, 4) is 0 Å². The molecule has 2 nitrogen and oxygen atoms in total. The number of fused-ring (bicyclic) bond motifs is 1. The van der Waals surface area contributed by atoms with E-state index in [-0.39, 0.29) is 0 Å². The van der Waals surface area contributed by atoms with Gasteiger partial charge in [-0.25, -0.2) is 4.98 Å². The second-order valence-corrected chi connectivity index (χ2v) is 2.42. The summed E-state index contributed by atoms with van der Waals surface area (Å²) < 4.78 is 0. The summed E-state index contributed by atoms with van der Waals surface area (Å²) >= 11 is 0. The molecule has 2 heteroatoms. The van der Waals surface area contributed by atoms with Gasteiger partial charge in [-0.2, -0.15) is 0 Å². The van der Waals surface area contributed by atoms with Crippen molar-refractivity contribution in [1.29, 1.82) is 0 Å². The first kappa shape index (κ1) is 6.16. The van der Waals surface area contributed by atoms with Crippen LogP contribution in [0, 0.1) is 0 Å². The van der Waals surface area contributed by atoms with E-state index in [0.29, 0.717) is 0 Å². The summed E-state index contributed by atoms with van der Waals surface area (Å²) in [5.74, 6) is 0.889. The maximum Gasteiger partial charge on any atom is 0.137 e. The molecule has 0 saturated heterocycles. The van der Waals surface area contributed by atoms with E-state index in [1.54, 1.807) is 6.20 Å². The first-order valence-corrected chi connectivity index (χ1v) is 3.45. The molecule has 0 aromatic carbocycles. The molecule has 1 aromatic heterocycles.